The highest BCUT2D eigenvalue weighted by Crippen LogP contribution is 2.11. The Labute approximate surface area is 99.1 Å². The molecular weight excluding hydrogens is 218 g/mol. The predicted octanol–water partition coefficient (Wildman–Crippen LogP) is -0.165. The summed E-state index contributed by atoms with van der Waals surface area (Å²) in [4.78, 5) is 12.6. The van der Waals surface area contributed by atoms with Gasteiger partial charge in [0, 0.05) is 25.4 Å². The predicted molar refractivity (Wildman–Crippen MR) is 61.5 cm³/mol. The monoisotopic (exact) mass is 233 g/mol. The van der Waals surface area contributed by atoms with Crippen molar-refractivity contribution in [2.24, 2.45) is 5.84 Å². The van der Waals surface area contributed by atoms with E-state index in [9.17, 15) is 0 Å². The maximum absolute atomic E-state index is 5.53. The molecule has 0 aliphatic rings. The summed E-state index contributed by atoms with van der Waals surface area (Å²) in [6, 6.07) is 1.61. The summed E-state index contributed by atoms with van der Waals surface area (Å²) in [7, 11) is 0. The molecule has 2 rings (SSSR count). The molecule has 1 atom stereocenters. The molecule has 7 heteroatoms. The second-order valence-electron chi connectivity index (χ2n) is 3.52. The molecule has 0 aliphatic heterocycles. The van der Waals surface area contributed by atoms with E-state index in [1.165, 1.54) is 6.33 Å². The van der Waals surface area contributed by atoms with Crippen molar-refractivity contribution in [2.75, 3.05) is 0 Å². The van der Waals surface area contributed by atoms with E-state index in [0.29, 0.717) is 12.2 Å². The zero-order valence-electron chi connectivity index (χ0n) is 9.61. The fraction of sp³-hybridized carbons (Fsp3) is 0.400. The van der Waals surface area contributed by atoms with Crippen molar-refractivity contribution in [1.82, 2.24) is 30.2 Å². The third-order valence-corrected chi connectivity index (χ3v) is 2.48. The van der Waals surface area contributed by atoms with Gasteiger partial charge in [-0.05, 0) is 13.0 Å². The third kappa shape index (κ3) is 2.63. The largest absolute Gasteiger partial charge is 0.271 e. The van der Waals surface area contributed by atoms with Crippen molar-refractivity contribution < 1.29 is 0 Å². The first-order valence-corrected chi connectivity index (χ1v) is 5.45. The van der Waals surface area contributed by atoms with Crippen molar-refractivity contribution in [3.8, 4) is 0 Å². The van der Waals surface area contributed by atoms with Crippen LogP contribution >= 0.6 is 0 Å². The van der Waals surface area contributed by atoms with Gasteiger partial charge in [0.2, 0.25) is 0 Å². The summed E-state index contributed by atoms with van der Waals surface area (Å²) >= 11 is 0. The molecule has 2 heterocycles. The molecule has 0 amide bonds. The van der Waals surface area contributed by atoms with Gasteiger partial charge in [0.05, 0.1) is 6.04 Å². The first-order valence-electron chi connectivity index (χ1n) is 5.45. The molecule has 0 saturated heterocycles. The Morgan fingerprint density at radius 1 is 1.35 bits per heavy atom. The van der Waals surface area contributed by atoms with Crippen LogP contribution in [0.5, 0.6) is 0 Å². The fourth-order valence-corrected chi connectivity index (χ4v) is 1.61. The molecule has 1 unspecified atom stereocenters. The lowest BCUT2D eigenvalue weighted by molar-refractivity contribution is 0.489. The summed E-state index contributed by atoms with van der Waals surface area (Å²) < 4.78 is 1.83. The second-order valence-corrected chi connectivity index (χ2v) is 3.52. The molecular formula is C10H15N7. The van der Waals surface area contributed by atoms with E-state index >= 15 is 0 Å². The first kappa shape index (κ1) is 11.6. The SMILES string of the molecule is CCn1ncnc1CC(NN)c1ncccn1. The minimum absolute atomic E-state index is 0.161. The number of aryl methyl sites for hydroxylation is 1. The lowest BCUT2D eigenvalue weighted by atomic mass is 10.2. The number of hydrogen-bond donors (Lipinski definition) is 2. The van der Waals surface area contributed by atoms with Crippen LogP contribution in [-0.2, 0) is 13.0 Å². The van der Waals surface area contributed by atoms with Crippen LogP contribution in [0.2, 0.25) is 0 Å². The summed E-state index contributed by atoms with van der Waals surface area (Å²) in [6.45, 7) is 2.80. The zero-order chi connectivity index (χ0) is 12.1. The van der Waals surface area contributed by atoms with Gasteiger partial charge in [0.15, 0.2) is 0 Å². The summed E-state index contributed by atoms with van der Waals surface area (Å²) in [5.74, 6) is 7.04. The van der Waals surface area contributed by atoms with Crippen molar-refractivity contribution in [3.63, 3.8) is 0 Å². The number of nitrogens with two attached hydrogens (primary N) is 1. The Bertz CT molecular complexity index is 453. The average Bonchev–Trinajstić information content (AvgIpc) is 2.84. The molecule has 2 aromatic rings. The lowest BCUT2D eigenvalue weighted by Gasteiger charge is -2.13. The van der Waals surface area contributed by atoms with Gasteiger partial charge in [0.25, 0.3) is 0 Å². The van der Waals surface area contributed by atoms with Crippen molar-refractivity contribution in [3.05, 3.63) is 36.4 Å². The van der Waals surface area contributed by atoms with E-state index in [2.05, 4.69) is 25.5 Å². The average molecular weight is 233 g/mol. The number of hydrazine groups is 1. The van der Waals surface area contributed by atoms with Gasteiger partial charge in [-0.1, -0.05) is 0 Å². The highest BCUT2D eigenvalue weighted by Gasteiger charge is 2.16. The molecule has 2 aromatic heterocycles. The minimum atomic E-state index is -0.161. The van der Waals surface area contributed by atoms with Gasteiger partial charge < -0.3 is 0 Å². The molecule has 0 bridgehead atoms. The van der Waals surface area contributed by atoms with Crippen LogP contribution in [0, 0.1) is 0 Å². The molecule has 0 aliphatic carbocycles. The van der Waals surface area contributed by atoms with Gasteiger partial charge in [-0.15, -0.1) is 0 Å². The highest BCUT2D eigenvalue weighted by molar-refractivity contribution is 5.00. The highest BCUT2D eigenvalue weighted by atomic mass is 15.3. The molecule has 3 N–H and O–H groups in total. The van der Waals surface area contributed by atoms with Crippen LogP contribution in [0.1, 0.15) is 24.6 Å². The standard InChI is InChI=1S/C10H15N7/c1-2-17-9(14-7-15-17)6-8(16-11)10-12-4-3-5-13-10/h3-5,7-8,16H,2,6,11H2,1H3. The molecule has 0 spiro atoms. The van der Waals surface area contributed by atoms with Crippen LogP contribution in [0.3, 0.4) is 0 Å². The van der Waals surface area contributed by atoms with E-state index in [4.69, 9.17) is 5.84 Å². The Kier molecular flexibility index (Phi) is 3.73. The van der Waals surface area contributed by atoms with Crippen molar-refractivity contribution >= 4 is 0 Å². The van der Waals surface area contributed by atoms with Crippen LogP contribution in [0.15, 0.2) is 24.8 Å². The summed E-state index contributed by atoms with van der Waals surface area (Å²) in [5.41, 5.74) is 2.70. The molecule has 7 nitrogen and oxygen atoms in total. The van der Waals surface area contributed by atoms with Crippen LogP contribution in [-0.4, -0.2) is 24.7 Å². The Balaban J connectivity index is 2.16. The maximum atomic E-state index is 5.53. The Morgan fingerprint density at radius 2 is 2.12 bits per heavy atom. The van der Waals surface area contributed by atoms with Gasteiger partial charge in [-0.2, -0.15) is 5.10 Å². The number of nitrogens with zero attached hydrogens (tertiary/aromatic N) is 5. The number of rotatable bonds is 5. The minimum Gasteiger partial charge on any atom is -0.271 e. The molecule has 90 valence electrons. The third-order valence-electron chi connectivity index (χ3n) is 2.48. The molecule has 0 saturated carbocycles. The van der Waals surface area contributed by atoms with Crippen LogP contribution < -0.4 is 11.3 Å². The van der Waals surface area contributed by atoms with Crippen molar-refractivity contribution in [2.45, 2.75) is 25.9 Å². The van der Waals surface area contributed by atoms with Crippen molar-refractivity contribution in [1.29, 1.82) is 0 Å². The smallest absolute Gasteiger partial charge is 0.146 e. The van der Waals surface area contributed by atoms with E-state index < -0.39 is 0 Å². The first-order chi connectivity index (χ1) is 8.35. The second kappa shape index (κ2) is 5.46. The number of aromatic nitrogens is 5. The van der Waals surface area contributed by atoms with E-state index in [1.807, 2.05) is 11.6 Å². The molecule has 0 radical (unpaired) electrons. The van der Waals surface area contributed by atoms with Gasteiger partial charge in [0.1, 0.15) is 18.0 Å². The number of hydrogen-bond acceptors (Lipinski definition) is 6. The molecule has 0 fully saturated rings. The van der Waals surface area contributed by atoms with Gasteiger partial charge >= 0.3 is 0 Å². The van der Waals surface area contributed by atoms with E-state index in [0.717, 1.165) is 12.4 Å². The Morgan fingerprint density at radius 3 is 2.76 bits per heavy atom. The lowest BCUT2D eigenvalue weighted by Crippen LogP contribution is -2.31. The van der Waals surface area contributed by atoms with Crippen LogP contribution in [0.4, 0.5) is 0 Å². The summed E-state index contributed by atoms with van der Waals surface area (Å²) in [6.07, 6.45) is 5.53. The number of nitrogens with one attached hydrogen (secondary N) is 1. The van der Waals surface area contributed by atoms with E-state index in [1.54, 1.807) is 18.5 Å². The van der Waals surface area contributed by atoms with E-state index in [-0.39, 0.29) is 6.04 Å². The molecule has 17 heavy (non-hydrogen) atoms. The quantitative estimate of drug-likeness (QED) is 0.550. The molecule has 0 aromatic carbocycles. The topological polar surface area (TPSA) is 94.5 Å². The summed E-state index contributed by atoms with van der Waals surface area (Å²) in [5, 5.41) is 4.11. The zero-order valence-corrected chi connectivity index (χ0v) is 9.61. The fourth-order valence-electron chi connectivity index (χ4n) is 1.61. The normalized spacial score (nSPS) is 12.6. The van der Waals surface area contributed by atoms with Crippen LogP contribution in [0.25, 0.3) is 0 Å². The Hall–Kier alpha value is -1.86. The van der Waals surface area contributed by atoms with Gasteiger partial charge in [-0.25, -0.2) is 20.4 Å². The maximum Gasteiger partial charge on any atom is 0.146 e. The van der Waals surface area contributed by atoms with Gasteiger partial charge in [-0.3, -0.25) is 10.5 Å².